The summed E-state index contributed by atoms with van der Waals surface area (Å²) < 4.78 is 1.82. The van der Waals surface area contributed by atoms with Crippen molar-refractivity contribution in [2.75, 3.05) is 11.9 Å². The molecule has 3 rings (SSSR count). The van der Waals surface area contributed by atoms with E-state index in [0.29, 0.717) is 12.4 Å². The highest BCUT2D eigenvalue weighted by atomic mass is 16.3. The molecule has 2 N–H and O–H groups in total. The third-order valence-corrected chi connectivity index (χ3v) is 3.51. The fourth-order valence-electron chi connectivity index (χ4n) is 2.45. The number of hydrogen-bond acceptors (Lipinski definition) is 4. The van der Waals surface area contributed by atoms with Crippen LogP contribution in [0, 0.1) is 5.92 Å². The molecule has 19 heavy (non-hydrogen) atoms. The van der Waals surface area contributed by atoms with Crippen molar-refractivity contribution in [1.29, 1.82) is 0 Å². The molecular formula is C14H15N3O2. The summed E-state index contributed by atoms with van der Waals surface area (Å²) in [6, 6.07) is 7.77. The monoisotopic (exact) mass is 257 g/mol. The zero-order chi connectivity index (χ0) is 13.4. The first-order valence-electron chi connectivity index (χ1n) is 6.23. The molecule has 0 unspecified atom stereocenters. The zero-order valence-corrected chi connectivity index (χ0v) is 10.6. The minimum atomic E-state index is -0.895. The Morgan fingerprint density at radius 3 is 3.05 bits per heavy atom. The van der Waals surface area contributed by atoms with Gasteiger partial charge in [0, 0.05) is 18.9 Å². The summed E-state index contributed by atoms with van der Waals surface area (Å²) in [6.45, 7) is 1.90. The van der Waals surface area contributed by atoms with Crippen molar-refractivity contribution in [3.8, 4) is 5.69 Å². The summed E-state index contributed by atoms with van der Waals surface area (Å²) in [6.07, 6.45) is 2.53. The van der Waals surface area contributed by atoms with Crippen LogP contribution in [0.2, 0.25) is 0 Å². The number of aliphatic hydroxyl groups is 1. The molecule has 0 fully saturated rings. The van der Waals surface area contributed by atoms with E-state index in [9.17, 15) is 9.90 Å². The molecule has 0 amide bonds. The van der Waals surface area contributed by atoms with Crippen LogP contribution < -0.4 is 5.32 Å². The molecule has 2 heterocycles. The van der Waals surface area contributed by atoms with Crippen molar-refractivity contribution in [3.05, 3.63) is 42.5 Å². The maximum atomic E-state index is 11.7. The number of hydrogen-bond donors (Lipinski definition) is 2. The van der Waals surface area contributed by atoms with Gasteiger partial charge < -0.3 is 10.4 Å². The van der Waals surface area contributed by atoms with Crippen molar-refractivity contribution < 1.29 is 9.90 Å². The second-order valence-electron chi connectivity index (χ2n) is 4.72. The first-order chi connectivity index (χ1) is 9.18. The first-order valence-corrected chi connectivity index (χ1v) is 6.23. The van der Waals surface area contributed by atoms with E-state index in [4.69, 9.17) is 0 Å². The highest BCUT2D eigenvalue weighted by Crippen LogP contribution is 2.30. The predicted octanol–water partition coefficient (Wildman–Crippen LogP) is 1.54. The molecule has 2 atom stereocenters. The van der Waals surface area contributed by atoms with Gasteiger partial charge >= 0.3 is 0 Å². The van der Waals surface area contributed by atoms with E-state index in [1.165, 1.54) is 6.92 Å². The number of nitrogens with zero attached hydrogens (tertiary/aromatic N) is 2. The summed E-state index contributed by atoms with van der Waals surface area (Å²) in [7, 11) is 0. The molecule has 0 bridgehead atoms. The van der Waals surface area contributed by atoms with Gasteiger partial charge in [0.1, 0.15) is 17.7 Å². The van der Waals surface area contributed by atoms with Gasteiger partial charge in [-0.3, -0.25) is 9.36 Å². The second-order valence-corrected chi connectivity index (χ2v) is 4.72. The third-order valence-electron chi connectivity index (χ3n) is 3.51. The number of fused-ring (bicyclic) bond motifs is 3. The molecule has 0 spiro atoms. The minimum absolute atomic E-state index is 0.0473. The zero-order valence-electron chi connectivity index (χ0n) is 10.6. The van der Waals surface area contributed by atoms with E-state index >= 15 is 0 Å². The molecule has 1 aromatic heterocycles. The van der Waals surface area contributed by atoms with E-state index in [1.54, 1.807) is 12.4 Å². The Bertz CT molecular complexity index is 621. The number of para-hydroxylation sites is 2. The van der Waals surface area contributed by atoms with Crippen molar-refractivity contribution in [1.82, 2.24) is 9.55 Å². The molecule has 0 saturated heterocycles. The van der Waals surface area contributed by atoms with Gasteiger partial charge in [-0.05, 0) is 19.1 Å². The molecular weight excluding hydrogens is 242 g/mol. The molecule has 5 nitrogen and oxygen atoms in total. The van der Waals surface area contributed by atoms with Crippen LogP contribution in [0.3, 0.4) is 0 Å². The maximum Gasteiger partial charge on any atom is 0.143 e. The fourth-order valence-corrected chi connectivity index (χ4v) is 2.45. The standard InChI is InChI=1S/C14H15N3O2/c1-9(18)10-8-16-11-4-2-3-5-12(11)17-7-6-15-14(17)13(10)19/h2-7,10,13,16,19H,8H2,1H3/t10-,13-/m1/s1. The number of aliphatic hydroxyl groups excluding tert-OH is 1. The first kappa shape index (κ1) is 11.9. The smallest absolute Gasteiger partial charge is 0.143 e. The highest BCUT2D eigenvalue weighted by molar-refractivity contribution is 5.80. The normalized spacial score (nSPS) is 21.6. The summed E-state index contributed by atoms with van der Waals surface area (Å²) in [5.41, 5.74) is 1.86. The number of carbonyl (C=O) groups is 1. The average molecular weight is 257 g/mol. The van der Waals surface area contributed by atoms with Crippen LogP contribution in [0.5, 0.6) is 0 Å². The Morgan fingerprint density at radius 1 is 1.47 bits per heavy atom. The molecule has 0 aliphatic carbocycles. The van der Waals surface area contributed by atoms with Crippen LogP contribution in [0.25, 0.3) is 5.69 Å². The van der Waals surface area contributed by atoms with Gasteiger partial charge in [0.25, 0.3) is 0 Å². The average Bonchev–Trinajstić information content (AvgIpc) is 2.86. The Kier molecular flexibility index (Phi) is 2.83. The van der Waals surface area contributed by atoms with Gasteiger partial charge in [-0.15, -0.1) is 0 Å². The van der Waals surface area contributed by atoms with Crippen LogP contribution in [-0.4, -0.2) is 27.0 Å². The summed E-state index contributed by atoms with van der Waals surface area (Å²) in [4.78, 5) is 15.9. The van der Waals surface area contributed by atoms with Gasteiger partial charge in [0.15, 0.2) is 0 Å². The SMILES string of the molecule is CC(=O)[C@H]1CNc2ccccc2-n2ccnc2[C@@H]1O. The maximum absolute atomic E-state index is 11.7. The quantitative estimate of drug-likeness (QED) is 0.813. The molecule has 2 aromatic rings. The number of ketones is 1. The van der Waals surface area contributed by atoms with E-state index in [2.05, 4.69) is 10.3 Å². The van der Waals surface area contributed by atoms with Gasteiger partial charge in [-0.2, -0.15) is 0 Å². The molecule has 1 aliphatic heterocycles. The van der Waals surface area contributed by atoms with Crippen molar-refractivity contribution >= 4 is 11.5 Å². The lowest BCUT2D eigenvalue weighted by Gasteiger charge is -2.26. The summed E-state index contributed by atoms with van der Waals surface area (Å²) in [5.74, 6) is -0.0300. The Balaban J connectivity index is 2.17. The second kappa shape index (κ2) is 4.51. The topological polar surface area (TPSA) is 67.2 Å². The lowest BCUT2D eigenvalue weighted by molar-refractivity contribution is -0.124. The van der Waals surface area contributed by atoms with E-state index in [0.717, 1.165) is 11.4 Å². The van der Waals surface area contributed by atoms with E-state index in [1.807, 2.05) is 28.8 Å². The van der Waals surface area contributed by atoms with Gasteiger partial charge in [-0.25, -0.2) is 4.98 Å². The number of nitrogens with one attached hydrogen (secondary N) is 1. The highest BCUT2D eigenvalue weighted by Gasteiger charge is 2.30. The van der Waals surface area contributed by atoms with Crippen LogP contribution in [0.4, 0.5) is 5.69 Å². The molecule has 1 aromatic carbocycles. The fraction of sp³-hybridized carbons (Fsp3) is 0.286. The Morgan fingerprint density at radius 2 is 2.26 bits per heavy atom. The van der Waals surface area contributed by atoms with Gasteiger partial charge in [0.2, 0.25) is 0 Å². The van der Waals surface area contributed by atoms with Crippen LogP contribution in [0.15, 0.2) is 36.7 Å². The number of rotatable bonds is 1. The van der Waals surface area contributed by atoms with Crippen LogP contribution in [0.1, 0.15) is 18.9 Å². The van der Waals surface area contributed by atoms with Crippen molar-refractivity contribution in [2.24, 2.45) is 5.92 Å². The van der Waals surface area contributed by atoms with Gasteiger partial charge in [0.05, 0.1) is 17.3 Å². The summed E-state index contributed by atoms with van der Waals surface area (Å²) >= 11 is 0. The molecule has 0 radical (unpaired) electrons. The van der Waals surface area contributed by atoms with E-state index in [-0.39, 0.29) is 5.78 Å². The molecule has 98 valence electrons. The lowest BCUT2D eigenvalue weighted by atomic mass is 9.96. The van der Waals surface area contributed by atoms with Gasteiger partial charge in [-0.1, -0.05) is 12.1 Å². The van der Waals surface area contributed by atoms with Crippen LogP contribution in [-0.2, 0) is 4.79 Å². The number of benzene rings is 1. The number of anilines is 1. The Labute approximate surface area is 110 Å². The number of imidazole rings is 1. The lowest BCUT2D eigenvalue weighted by Crippen LogP contribution is -2.31. The third kappa shape index (κ3) is 1.92. The molecule has 5 heteroatoms. The minimum Gasteiger partial charge on any atom is -0.384 e. The largest absolute Gasteiger partial charge is 0.384 e. The van der Waals surface area contributed by atoms with Crippen molar-refractivity contribution in [3.63, 3.8) is 0 Å². The number of Topliss-reactive ketones (excluding diaryl/α,β-unsaturated/α-hetero) is 1. The molecule has 0 saturated carbocycles. The Hall–Kier alpha value is -2.14. The van der Waals surface area contributed by atoms with Crippen molar-refractivity contribution in [2.45, 2.75) is 13.0 Å². The summed E-state index contributed by atoms with van der Waals surface area (Å²) in [5, 5.41) is 13.6. The van der Waals surface area contributed by atoms with Crippen LogP contribution >= 0.6 is 0 Å². The predicted molar refractivity (Wildman–Crippen MR) is 71.2 cm³/mol. The molecule has 1 aliphatic rings. The number of carbonyl (C=O) groups excluding carboxylic acids is 1. The van der Waals surface area contributed by atoms with E-state index < -0.39 is 12.0 Å². The number of aromatic nitrogens is 2.